The van der Waals surface area contributed by atoms with Gasteiger partial charge >= 0.3 is 0 Å². The van der Waals surface area contributed by atoms with E-state index in [-0.39, 0.29) is 18.1 Å². The number of carbonyl (C=O) groups excluding carboxylic acids is 1. The van der Waals surface area contributed by atoms with Gasteiger partial charge in [-0.15, -0.1) is 0 Å². The molecule has 1 N–H and O–H groups in total. The normalized spacial score (nSPS) is 23.9. The van der Waals surface area contributed by atoms with Gasteiger partial charge in [0.15, 0.2) is 0 Å². The number of likely N-dealkylation sites (N-methyl/N-ethyl adjacent to an activating group) is 1. The lowest BCUT2D eigenvalue weighted by Crippen LogP contribution is -2.44. The number of nitrogens with one attached hydrogen (secondary N) is 1. The topological polar surface area (TPSA) is 35.6 Å². The fourth-order valence-corrected chi connectivity index (χ4v) is 2.74. The van der Waals surface area contributed by atoms with Crippen LogP contribution in [0.1, 0.15) is 38.3 Å². The van der Waals surface area contributed by atoms with Crippen LogP contribution in [0.15, 0.2) is 30.3 Å². The summed E-state index contributed by atoms with van der Waals surface area (Å²) in [6.07, 6.45) is 2.21. The second-order valence-electron chi connectivity index (χ2n) is 6.12. The molecule has 0 bridgehead atoms. The Morgan fingerprint density at radius 2 is 1.95 bits per heavy atom. The van der Waals surface area contributed by atoms with Crippen molar-refractivity contribution in [3.8, 4) is 0 Å². The van der Waals surface area contributed by atoms with Crippen LogP contribution >= 0.6 is 0 Å². The zero-order valence-corrected chi connectivity index (χ0v) is 13.5. The van der Waals surface area contributed by atoms with Crippen LogP contribution in [-0.2, 0) is 4.79 Å². The first-order valence-electron chi connectivity index (χ1n) is 7.82. The van der Waals surface area contributed by atoms with Gasteiger partial charge in [-0.2, -0.15) is 0 Å². The molecule has 0 aliphatic carbocycles. The largest absolute Gasteiger partial charge is 0.324 e. The van der Waals surface area contributed by atoms with Crippen molar-refractivity contribution in [2.45, 2.75) is 44.9 Å². The molecule has 0 radical (unpaired) electrons. The van der Waals surface area contributed by atoms with E-state index in [9.17, 15) is 4.79 Å². The van der Waals surface area contributed by atoms with E-state index in [1.165, 1.54) is 0 Å². The molecule has 1 aliphatic rings. The molecule has 1 saturated heterocycles. The zero-order valence-electron chi connectivity index (χ0n) is 13.5. The van der Waals surface area contributed by atoms with E-state index in [1.54, 1.807) is 0 Å². The average Bonchev–Trinajstić information content (AvgIpc) is 2.77. The van der Waals surface area contributed by atoms with E-state index < -0.39 is 0 Å². The molecular weight excluding hydrogens is 262 g/mol. The number of benzene rings is 1. The molecule has 0 saturated carbocycles. The summed E-state index contributed by atoms with van der Waals surface area (Å²) in [5, 5.41) is 3.51. The molecule has 3 unspecified atom stereocenters. The lowest BCUT2D eigenvalue weighted by molar-refractivity contribution is -0.130. The fourth-order valence-electron chi connectivity index (χ4n) is 2.74. The Labute approximate surface area is 128 Å². The van der Waals surface area contributed by atoms with Gasteiger partial charge in [0.1, 0.15) is 6.04 Å². The number of rotatable bonds is 6. The molecule has 21 heavy (non-hydrogen) atoms. The molecular formula is C17H27N3O. The van der Waals surface area contributed by atoms with Crippen molar-refractivity contribution in [3.63, 3.8) is 0 Å². The van der Waals surface area contributed by atoms with Crippen molar-refractivity contribution >= 4 is 5.91 Å². The first kappa shape index (κ1) is 16.0. The molecule has 1 heterocycles. The summed E-state index contributed by atoms with van der Waals surface area (Å²) >= 11 is 0. The van der Waals surface area contributed by atoms with Gasteiger partial charge < -0.3 is 9.80 Å². The second kappa shape index (κ2) is 7.05. The number of hydrogen-bond donors (Lipinski definition) is 1. The highest BCUT2D eigenvalue weighted by Crippen LogP contribution is 2.26. The third-order valence-electron chi connectivity index (χ3n) is 4.30. The van der Waals surface area contributed by atoms with Crippen molar-refractivity contribution in [2.75, 3.05) is 20.6 Å². The smallest absolute Gasteiger partial charge is 0.245 e. The summed E-state index contributed by atoms with van der Waals surface area (Å²) in [6, 6.07) is 10.2. The van der Waals surface area contributed by atoms with Crippen LogP contribution in [0.3, 0.4) is 0 Å². The third-order valence-corrected chi connectivity index (χ3v) is 4.30. The van der Waals surface area contributed by atoms with Gasteiger partial charge in [-0.1, -0.05) is 43.7 Å². The van der Waals surface area contributed by atoms with Gasteiger partial charge in [0.25, 0.3) is 0 Å². The van der Waals surface area contributed by atoms with Crippen LogP contribution < -0.4 is 5.32 Å². The van der Waals surface area contributed by atoms with E-state index in [2.05, 4.69) is 38.2 Å². The predicted octanol–water partition coefficient (Wildman–Crippen LogP) is 2.24. The second-order valence-corrected chi connectivity index (χ2v) is 6.12. The molecule has 1 fully saturated rings. The van der Waals surface area contributed by atoms with Crippen LogP contribution in [0, 0.1) is 0 Å². The highest BCUT2D eigenvalue weighted by molar-refractivity contribution is 5.85. The van der Waals surface area contributed by atoms with Crippen LogP contribution in [0.2, 0.25) is 0 Å². The highest BCUT2D eigenvalue weighted by Gasteiger charge is 2.39. The lowest BCUT2D eigenvalue weighted by atomic mass is 10.1. The third kappa shape index (κ3) is 3.63. The van der Waals surface area contributed by atoms with Crippen LogP contribution in [0.5, 0.6) is 0 Å². The molecule has 3 atom stereocenters. The van der Waals surface area contributed by atoms with E-state index in [0.717, 1.165) is 24.9 Å². The first-order chi connectivity index (χ1) is 10.0. The minimum absolute atomic E-state index is 0.148. The Kier molecular flexibility index (Phi) is 5.37. The lowest BCUT2D eigenvalue weighted by Gasteiger charge is -2.29. The Morgan fingerprint density at radius 1 is 1.29 bits per heavy atom. The number of nitrogens with zero attached hydrogens (tertiary/aromatic N) is 2. The van der Waals surface area contributed by atoms with E-state index in [0.29, 0.717) is 6.04 Å². The van der Waals surface area contributed by atoms with Gasteiger partial charge in [0.05, 0.1) is 6.17 Å². The van der Waals surface area contributed by atoms with Gasteiger partial charge in [0, 0.05) is 12.6 Å². The van der Waals surface area contributed by atoms with Gasteiger partial charge in [-0.05, 0) is 33.0 Å². The maximum Gasteiger partial charge on any atom is 0.245 e. The predicted molar refractivity (Wildman–Crippen MR) is 85.9 cm³/mol. The van der Waals surface area contributed by atoms with Crippen LogP contribution in [-0.4, -0.2) is 48.6 Å². The number of carbonyl (C=O) groups is 1. The van der Waals surface area contributed by atoms with Crippen molar-refractivity contribution in [3.05, 3.63) is 35.9 Å². The highest BCUT2D eigenvalue weighted by atomic mass is 16.2. The summed E-state index contributed by atoms with van der Waals surface area (Å²) in [5.74, 6) is 0.202. The molecule has 116 valence electrons. The van der Waals surface area contributed by atoms with E-state index >= 15 is 0 Å². The molecule has 4 nitrogen and oxygen atoms in total. The summed E-state index contributed by atoms with van der Waals surface area (Å²) in [5.41, 5.74) is 1.06. The fraction of sp³-hybridized carbons (Fsp3) is 0.588. The van der Waals surface area contributed by atoms with Crippen molar-refractivity contribution in [1.82, 2.24) is 15.1 Å². The van der Waals surface area contributed by atoms with Gasteiger partial charge in [-0.25, -0.2) is 0 Å². The standard InChI is InChI=1S/C17H27N3O/c1-5-9-15-18-16(14-10-7-6-8-11-14)17(21)20(15)12-13(2)19(3)4/h6-8,10-11,13,15-16,18H,5,9,12H2,1-4H3. The number of amides is 1. The van der Waals surface area contributed by atoms with Crippen LogP contribution in [0.25, 0.3) is 0 Å². The minimum Gasteiger partial charge on any atom is -0.324 e. The van der Waals surface area contributed by atoms with Gasteiger partial charge in [-0.3, -0.25) is 10.1 Å². The average molecular weight is 289 g/mol. The maximum absolute atomic E-state index is 12.8. The van der Waals surface area contributed by atoms with Crippen molar-refractivity contribution in [1.29, 1.82) is 0 Å². The Hall–Kier alpha value is -1.39. The minimum atomic E-state index is -0.197. The number of hydrogen-bond acceptors (Lipinski definition) is 3. The van der Waals surface area contributed by atoms with Gasteiger partial charge in [0.2, 0.25) is 5.91 Å². The Bertz CT molecular complexity index is 460. The maximum atomic E-state index is 12.8. The van der Waals surface area contributed by atoms with E-state index in [1.807, 2.05) is 35.2 Å². The molecule has 1 aliphatic heterocycles. The molecule has 2 rings (SSSR count). The van der Waals surface area contributed by atoms with E-state index in [4.69, 9.17) is 0 Å². The summed E-state index contributed by atoms with van der Waals surface area (Å²) in [4.78, 5) is 17.0. The quantitative estimate of drug-likeness (QED) is 0.872. The summed E-state index contributed by atoms with van der Waals surface area (Å²) in [6.45, 7) is 5.09. The SMILES string of the molecule is CCCC1NC(c2ccccc2)C(=O)N1CC(C)N(C)C. The molecule has 1 aromatic carbocycles. The molecule has 0 aromatic heterocycles. The molecule has 1 aromatic rings. The van der Waals surface area contributed by atoms with Crippen molar-refractivity contribution in [2.24, 2.45) is 0 Å². The summed E-state index contributed by atoms with van der Waals surface area (Å²) in [7, 11) is 4.12. The zero-order chi connectivity index (χ0) is 15.4. The van der Waals surface area contributed by atoms with Crippen LogP contribution in [0.4, 0.5) is 0 Å². The Balaban J connectivity index is 2.16. The van der Waals surface area contributed by atoms with Crippen molar-refractivity contribution < 1.29 is 4.79 Å². The summed E-state index contributed by atoms with van der Waals surface area (Å²) < 4.78 is 0. The molecule has 0 spiro atoms. The monoisotopic (exact) mass is 289 g/mol. The molecule has 4 heteroatoms. The molecule has 1 amide bonds. The first-order valence-corrected chi connectivity index (χ1v) is 7.82. The Morgan fingerprint density at radius 3 is 2.52 bits per heavy atom.